The minimum Gasteiger partial charge on any atom is -0.476 e. The molecule has 18 heavy (non-hydrogen) atoms. The number of hydrogen-bond donors (Lipinski definition) is 1. The predicted molar refractivity (Wildman–Crippen MR) is 62.0 cm³/mol. The molecular formula is C11H9NO5S. The highest BCUT2D eigenvalue weighted by molar-refractivity contribution is 7.90. The number of benzene rings is 1. The molecule has 2 aromatic rings. The zero-order valence-electron chi connectivity index (χ0n) is 9.32. The lowest BCUT2D eigenvalue weighted by molar-refractivity contribution is 0.0690. The van der Waals surface area contributed by atoms with Crippen LogP contribution >= 0.6 is 0 Å². The Kier molecular flexibility index (Phi) is 2.92. The molecular weight excluding hydrogens is 258 g/mol. The van der Waals surface area contributed by atoms with E-state index in [4.69, 9.17) is 9.52 Å². The summed E-state index contributed by atoms with van der Waals surface area (Å²) >= 11 is 0. The number of rotatable bonds is 3. The van der Waals surface area contributed by atoms with Crippen LogP contribution in [0.1, 0.15) is 10.5 Å². The topological polar surface area (TPSA) is 97.5 Å². The lowest BCUT2D eigenvalue weighted by atomic mass is 10.2. The highest BCUT2D eigenvalue weighted by atomic mass is 32.2. The molecule has 0 amide bonds. The van der Waals surface area contributed by atoms with E-state index in [1.165, 1.54) is 18.2 Å². The maximum Gasteiger partial charge on any atom is 0.357 e. The molecule has 0 aliphatic carbocycles. The molecule has 1 N–H and O–H groups in total. The number of oxazole rings is 1. The number of carboxylic acids is 1. The van der Waals surface area contributed by atoms with Crippen molar-refractivity contribution in [2.24, 2.45) is 0 Å². The first-order valence-electron chi connectivity index (χ1n) is 4.87. The Morgan fingerprint density at radius 3 is 2.67 bits per heavy atom. The van der Waals surface area contributed by atoms with Crippen LogP contribution in [-0.2, 0) is 9.84 Å². The molecule has 6 nitrogen and oxygen atoms in total. The van der Waals surface area contributed by atoms with E-state index in [1.54, 1.807) is 6.07 Å². The summed E-state index contributed by atoms with van der Waals surface area (Å²) < 4.78 is 27.8. The molecule has 0 bridgehead atoms. The van der Waals surface area contributed by atoms with Gasteiger partial charge < -0.3 is 9.52 Å². The molecule has 94 valence electrons. The van der Waals surface area contributed by atoms with Crippen molar-refractivity contribution >= 4 is 15.8 Å². The van der Waals surface area contributed by atoms with E-state index < -0.39 is 15.8 Å². The summed E-state index contributed by atoms with van der Waals surface area (Å²) in [5, 5.41) is 8.71. The number of carboxylic acid groups (broad SMARTS) is 1. The molecule has 0 fully saturated rings. The Morgan fingerprint density at radius 2 is 2.11 bits per heavy atom. The second-order valence-corrected chi connectivity index (χ2v) is 5.66. The van der Waals surface area contributed by atoms with Gasteiger partial charge in [0.05, 0.1) is 4.90 Å². The van der Waals surface area contributed by atoms with E-state index in [0.29, 0.717) is 5.56 Å². The Bertz CT molecular complexity index is 702. The fourth-order valence-corrected chi connectivity index (χ4v) is 2.03. The molecule has 0 saturated carbocycles. The lowest BCUT2D eigenvalue weighted by Gasteiger charge is -1.99. The van der Waals surface area contributed by atoms with Gasteiger partial charge in [0.2, 0.25) is 5.89 Å². The van der Waals surface area contributed by atoms with Crippen LogP contribution in [-0.4, -0.2) is 30.7 Å². The van der Waals surface area contributed by atoms with Crippen molar-refractivity contribution in [3.63, 3.8) is 0 Å². The molecule has 0 aliphatic rings. The van der Waals surface area contributed by atoms with Crippen LogP contribution < -0.4 is 0 Å². The highest BCUT2D eigenvalue weighted by Gasteiger charge is 2.14. The van der Waals surface area contributed by atoms with E-state index in [1.807, 2.05) is 0 Å². The molecule has 1 aromatic heterocycles. The Balaban J connectivity index is 2.48. The second kappa shape index (κ2) is 4.26. The van der Waals surface area contributed by atoms with Crippen LogP contribution in [0.5, 0.6) is 0 Å². The molecule has 0 saturated heterocycles. The lowest BCUT2D eigenvalue weighted by Crippen LogP contribution is -1.97. The number of nitrogens with zero attached hydrogens (tertiary/aromatic N) is 1. The Labute approximate surface area is 103 Å². The zero-order chi connectivity index (χ0) is 13.3. The largest absolute Gasteiger partial charge is 0.476 e. The number of carbonyl (C=O) groups is 1. The third-order valence-electron chi connectivity index (χ3n) is 2.23. The van der Waals surface area contributed by atoms with Gasteiger partial charge in [-0.25, -0.2) is 18.2 Å². The molecule has 0 radical (unpaired) electrons. The third kappa shape index (κ3) is 2.40. The van der Waals surface area contributed by atoms with Gasteiger partial charge in [-0.15, -0.1) is 0 Å². The SMILES string of the molecule is CS(=O)(=O)c1cccc(-c2nc(C(=O)O)co2)c1. The van der Waals surface area contributed by atoms with Gasteiger partial charge in [-0.3, -0.25) is 0 Å². The van der Waals surface area contributed by atoms with E-state index in [-0.39, 0.29) is 16.5 Å². The molecule has 1 heterocycles. The normalized spacial score (nSPS) is 11.4. The average Bonchev–Trinajstić information content (AvgIpc) is 2.77. The second-order valence-electron chi connectivity index (χ2n) is 3.64. The van der Waals surface area contributed by atoms with Crippen LogP contribution in [0, 0.1) is 0 Å². The van der Waals surface area contributed by atoms with Gasteiger partial charge in [0, 0.05) is 11.8 Å². The maximum atomic E-state index is 11.4. The van der Waals surface area contributed by atoms with Crippen molar-refractivity contribution in [1.82, 2.24) is 4.98 Å². The van der Waals surface area contributed by atoms with Gasteiger partial charge in [-0.05, 0) is 18.2 Å². The summed E-state index contributed by atoms with van der Waals surface area (Å²) in [6.45, 7) is 0. The molecule has 0 spiro atoms. The first-order valence-corrected chi connectivity index (χ1v) is 6.76. The monoisotopic (exact) mass is 267 g/mol. The minimum absolute atomic E-state index is 0.0675. The van der Waals surface area contributed by atoms with Gasteiger partial charge in [-0.1, -0.05) is 6.07 Å². The number of aromatic carboxylic acids is 1. The number of sulfone groups is 1. The van der Waals surface area contributed by atoms with Crippen LogP contribution in [0.2, 0.25) is 0 Å². The van der Waals surface area contributed by atoms with Gasteiger partial charge in [0.15, 0.2) is 15.5 Å². The summed E-state index contributed by atoms with van der Waals surface area (Å²) in [4.78, 5) is 14.5. The fourth-order valence-electron chi connectivity index (χ4n) is 1.36. The summed E-state index contributed by atoms with van der Waals surface area (Å²) in [6, 6.07) is 5.95. The van der Waals surface area contributed by atoms with Crippen LogP contribution in [0.25, 0.3) is 11.5 Å². The van der Waals surface area contributed by atoms with Crippen LogP contribution in [0.4, 0.5) is 0 Å². The first kappa shape index (κ1) is 12.3. The summed E-state index contributed by atoms with van der Waals surface area (Å²) in [5.41, 5.74) is 0.181. The highest BCUT2D eigenvalue weighted by Crippen LogP contribution is 2.21. The summed E-state index contributed by atoms with van der Waals surface area (Å²) in [6.07, 6.45) is 2.09. The zero-order valence-corrected chi connectivity index (χ0v) is 10.1. The van der Waals surface area contributed by atoms with E-state index in [0.717, 1.165) is 12.5 Å². The standard InChI is InChI=1S/C11H9NO5S/c1-18(15,16)8-4-2-3-7(5-8)10-12-9(6-17-10)11(13)14/h2-6H,1H3,(H,13,14). The van der Waals surface area contributed by atoms with E-state index >= 15 is 0 Å². The first-order chi connectivity index (χ1) is 8.38. The summed E-state index contributed by atoms with van der Waals surface area (Å²) in [7, 11) is -3.33. The van der Waals surface area contributed by atoms with Gasteiger partial charge in [0.1, 0.15) is 6.26 Å². The van der Waals surface area contributed by atoms with Crippen molar-refractivity contribution in [1.29, 1.82) is 0 Å². The average molecular weight is 267 g/mol. The van der Waals surface area contributed by atoms with E-state index in [9.17, 15) is 13.2 Å². The van der Waals surface area contributed by atoms with E-state index in [2.05, 4.69) is 4.98 Å². The van der Waals surface area contributed by atoms with Gasteiger partial charge in [0.25, 0.3) is 0 Å². The quantitative estimate of drug-likeness (QED) is 0.903. The predicted octanol–water partition coefficient (Wildman–Crippen LogP) is 1.44. The smallest absolute Gasteiger partial charge is 0.357 e. The molecule has 2 rings (SSSR count). The maximum absolute atomic E-state index is 11.4. The number of aromatic nitrogens is 1. The fraction of sp³-hybridized carbons (Fsp3) is 0.0909. The molecule has 1 aromatic carbocycles. The van der Waals surface area contributed by atoms with Crippen LogP contribution in [0.15, 0.2) is 39.8 Å². The molecule has 0 aliphatic heterocycles. The van der Waals surface area contributed by atoms with Crippen molar-refractivity contribution in [2.75, 3.05) is 6.26 Å². The molecule has 7 heteroatoms. The molecule has 0 unspecified atom stereocenters. The van der Waals surface area contributed by atoms with Crippen LogP contribution in [0.3, 0.4) is 0 Å². The van der Waals surface area contributed by atoms with Crippen molar-refractivity contribution < 1.29 is 22.7 Å². The van der Waals surface area contributed by atoms with Crippen molar-refractivity contribution in [3.05, 3.63) is 36.2 Å². The minimum atomic E-state index is -3.33. The Hall–Kier alpha value is -2.15. The number of hydrogen-bond acceptors (Lipinski definition) is 5. The van der Waals surface area contributed by atoms with Gasteiger partial charge >= 0.3 is 5.97 Å². The third-order valence-corrected chi connectivity index (χ3v) is 3.34. The van der Waals surface area contributed by atoms with Crippen molar-refractivity contribution in [3.8, 4) is 11.5 Å². The van der Waals surface area contributed by atoms with Crippen molar-refractivity contribution in [2.45, 2.75) is 4.90 Å². The van der Waals surface area contributed by atoms with Gasteiger partial charge in [-0.2, -0.15) is 0 Å². The molecule has 0 atom stereocenters. The Morgan fingerprint density at radius 1 is 1.39 bits per heavy atom. The summed E-state index contributed by atoms with van der Waals surface area (Å²) in [5.74, 6) is -1.14.